The van der Waals surface area contributed by atoms with E-state index in [1.807, 2.05) is 6.92 Å². The molecule has 190 valence electrons. The summed E-state index contributed by atoms with van der Waals surface area (Å²) in [4.78, 5) is 25.2. The fourth-order valence-electron chi connectivity index (χ4n) is 10.4. The molecular weight excluding hydrogens is 424 g/mol. The Morgan fingerprint density at radius 1 is 0.941 bits per heavy atom. The van der Waals surface area contributed by atoms with Crippen LogP contribution in [0, 0.1) is 50.2 Å². The van der Waals surface area contributed by atoms with E-state index in [1.165, 1.54) is 5.57 Å². The number of carbonyl (C=O) groups excluding carboxylic acids is 1. The van der Waals surface area contributed by atoms with E-state index in [2.05, 4.69) is 47.6 Å². The number of Topliss-reactive ketones (excluding diaryl/α,β-unsaturated/α-hetero) is 1. The number of carboxylic acid groups (broad SMARTS) is 1. The van der Waals surface area contributed by atoms with E-state index in [4.69, 9.17) is 0 Å². The number of hydrogen-bond acceptors (Lipinski definition) is 3. The van der Waals surface area contributed by atoms with Crippen LogP contribution in [-0.4, -0.2) is 28.1 Å². The number of rotatable bonds is 1. The van der Waals surface area contributed by atoms with E-state index in [0.717, 1.165) is 44.9 Å². The Morgan fingerprint density at radius 3 is 2.24 bits per heavy atom. The molecule has 0 amide bonds. The minimum atomic E-state index is -0.691. The highest BCUT2D eigenvalue weighted by Crippen LogP contribution is 2.75. The third-order valence-corrected chi connectivity index (χ3v) is 13.0. The number of aliphatic carboxylic acids is 1. The zero-order valence-corrected chi connectivity index (χ0v) is 22.5. The van der Waals surface area contributed by atoms with Gasteiger partial charge in [-0.3, -0.25) is 9.59 Å². The van der Waals surface area contributed by atoms with Crippen LogP contribution >= 0.6 is 0 Å². The lowest BCUT2D eigenvalue weighted by molar-refractivity contribution is -0.206. The molecule has 0 radical (unpaired) electrons. The number of carbonyl (C=O) groups is 2. The molecule has 34 heavy (non-hydrogen) atoms. The summed E-state index contributed by atoms with van der Waals surface area (Å²) in [5.41, 5.74) is 0.267. The number of fused-ring (bicyclic) bond motifs is 7. The van der Waals surface area contributed by atoms with Gasteiger partial charge in [0.2, 0.25) is 0 Å². The Hall–Kier alpha value is -1.16. The third kappa shape index (κ3) is 2.81. The van der Waals surface area contributed by atoms with Crippen LogP contribution in [0.3, 0.4) is 0 Å². The van der Waals surface area contributed by atoms with E-state index in [9.17, 15) is 19.8 Å². The summed E-state index contributed by atoms with van der Waals surface area (Å²) < 4.78 is 0. The van der Waals surface area contributed by atoms with Crippen LogP contribution in [0.15, 0.2) is 11.6 Å². The van der Waals surface area contributed by atoms with Crippen molar-refractivity contribution >= 4 is 11.8 Å². The van der Waals surface area contributed by atoms with Gasteiger partial charge in [0, 0.05) is 17.8 Å². The fourth-order valence-corrected chi connectivity index (χ4v) is 10.4. The molecule has 0 aromatic heterocycles. The second-order valence-electron chi connectivity index (χ2n) is 14.9. The van der Waals surface area contributed by atoms with Crippen LogP contribution in [0.25, 0.3) is 0 Å². The first-order valence-electron chi connectivity index (χ1n) is 13.7. The van der Waals surface area contributed by atoms with E-state index in [0.29, 0.717) is 24.5 Å². The fraction of sp³-hybridized carbons (Fsp3) is 0.867. The maximum Gasteiger partial charge on any atom is 0.309 e. The zero-order chi connectivity index (χ0) is 25.1. The summed E-state index contributed by atoms with van der Waals surface area (Å²) in [7, 11) is 0. The van der Waals surface area contributed by atoms with Crippen LogP contribution in [0.2, 0.25) is 0 Å². The molecule has 4 fully saturated rings. The lowest BCUT2D eigenvalue weighted by Crippen LogP contribution is -2.67. The summed E-state index contributed by atoms with van der Waals surface area (Å²) in [6, 6.07) is 0. The minimum Gasteiger partial charge on any atom is -0.481 e. The number of carboxylic acids is 1. The number of aliphatic hydroxyl groups excluding tert-OH is 1. The van der Waals surface area contributed by atoms with Gasteiger partial charge in [-0.05, 0) is 91.8 Å². The molecule has 2 N–H and O–H groups in total. The first-order valence-corrected chi connectivity index (χ1v) is 13.7. The molecule has 9 atom stereocenters. The number of allylic oxidation sites excluding steroid dienone is 1. The summed E-state index contributed by atoms with van der Waals surface area (Å²) in [5, 5.41) is 22.0. The second kappa shape index (κ2) is 6.99. The highest BCUT2D eigenvalue weighted by Gasteiger charge is 2.70. The average molecular weight is 471 g/mol. The molecule has 1 unspecified atom stereocenters. The monoisotopic (exact) mass is 470 g/mol. The quantitative estimate of drug-likeness (QED) is 0.434. The van der Waals surface area contributed by atoms with Crippen LogP contribution in [0.4, 0.5) is 0 Å². The first-order chi connectivity index (χ1) is 15.6. The SMILES string of the molecule is CC1(C)C(=O)CC[C@]2(C)[C@H]3C(O)C=C4[C@@H]5C[C@@](C)(C(=O)O)CC[C@]5(C)CC[C@@]4(C)[C@]3(C)CC[C@@H]12. The summed E-state index contributed by atoms with van der Waals surface area (Å²) >= 11 is 0. The molecular formula is C30H46O4. The molecule has 0 heterocycles. The van der Waals surface area contributed by atoms with Gasteiger partial charge in [0.1, 0.15) is 5.78 Å². The Kier molecular flexibility index (Phi) is 5.04. The number of aliphatic hydroxyl groups is 1. The van der Waals surface area contributed by atoms with Crippen molar-refractivity contribution in [3.8, 4) is 0 Å². The maximum absolute atomic E-state index is 12.9. The predicted molar refractivity (Wildman–Crippen MR) is 133 cm³/mol. The van der Waals surface area contributed by atoms with Gasteiger partial charge in [-0.1, -0.05) is 53.2 Å². The van der Waals surface area contributed by atoms with Gasteiger partial charge in [-0.15, -0.1) is 0 Å². The molecule has 5 aliphatic rings. The van der Waals surface area contributed by atoms with Gasteiger partial charge in [0.05, 0.1) is 11.5 Å². The highest BCUT2D eigenvalue weighted by atomic mass is 16.4. The normalized spacial score (nSPS) is 54.1. The van der Waals surface area contributed by atoms with Crippen LogP contribution in [-0.2, 0) is 9.59 Å². The Morgan fingerprint density at radius 2 is 1.59 bits per heavy atom. The lowest BCUT2D eigenvalue weighted by atomic mass is 9.33. The van der Waals surface area contributed by atoms with Gasteiger partial charge >= 0.3 is 5.97 Å². The van der Waals surface area contributed by atoms with Gasteiger partial charge < -0.3 is 10.2 Å². The van der Waals surface area contributed by atoms with Crippen molar-refractivity contribution in [3.63, 3.8) is 0 Å². The van der Waals surface area contributed by atoms with E-state index in [-0.39, 0.29) is 38.9 Å². The second-order valence-corrected chi connectivity index (χ2v) is 14.9. The van der Waals surface area contributed by atoms with Crippen molar-refractivity contribution < 1.29 is 19.8 Å². The molecule has 0 spiro atoms. The third-order valence-electron chi connectivity index (χ3n) is 13.0. The topological polar surface area (TPSA) is 74.6 Å². The standard InChI is InChI=1S/C30H46O4/c1-25(2)21-8-11-30(7)23(28(21,5)10-9-22(25)32)20(31)16-18-19-17-27(4,24(33)34)13-12-26(19,3)14-15-29(18,30)6/h16,19-21,23,31H,8-15,17H2,1-7H3,(H,33,34)/t19-,20?,21-,23+,26+,27-,28-,29+,30+/m0/s1. The van der Waals surface area contributed by atoms with Gasteiger partial charge in [0.15, 0.2) is 0 Å². The van der Waals surface area contributed by atoms with Crippen LogP contribution in [0.1, 0.15) is 106 Å². The summed E-state index contributed by atoms with van der Waals surface area (Å²) in [5.74, 6) is 0.341. The Bertz CT molecular complexity index is 965. The van der Waals surface area contributed by atoms with Crippen molar-refractivity contribution in [1.29, 1.82) is 0 Å². The van der Waals surface area contributed by atoms with Gasteiger partial charge in [0.25, 0.3) is 0 Å². The van der Waals surface area contributed by atoms with Crippen molar-refractivity contribution in [2.45, 2.75) is 112 Å². The summed E-state index contributed by atoms with van der Waals surface area (Å²) in [6.07, 6.45) is 9.80. The number of hydrogen-bond donors (Lipinski definition) is 2. The lowest BCUT2D eigenvalue weighted by Gasteiger charge is -2.71. The molecule has 0 saturated heterocycles. The number of ketones is 1. The Labute approximate surface area is 206 Å². The van der Waals surface area contributed by atoms with Crippen molar-refractivity contribution in [3.05, 3.63) is 11.6 Å². The summed E-state index contributed by atoms with van der Waals surface area (Å²) in [6.45, 7) is 15.8. The van der Waals surface area contributed by atoms with Crippen molar-refractivity contribution in [1.82, 2.24) is 0 Å². The first kappa shape index (κ1) is 24.5. The molecule has 5 rings (SSSR count). The molecule has 4 nitrogen and oxygen atoms in total. The average Bonchev–Trinajstić information content (AvgIpc) is 2.73. The van der Waals surface area contributed by atoms with Gasteiger partial charge in [-0.2, -0.15) is 0 Å². The zero-order valence-electron chi connectivity index (χ0n) is 22.5. The van der Waals surface area contributed by atoms with E-state index in [1.54, 1.807) is 0 Å². The van der Waals surface area contributed by atoms with Crippen LogP contribution < -0.4 is 0 Å². The minimum absolute atomic E-state index is 0.0442. The molecule has 0 bridgehead atoms. The Balaban J connectivity index is 1.62. The smallest absolute Gasteiger partial charge is 0.309 e. The highest BCUT2D eigenvalue weighted by molar-refractivity contribution is 5.85. The van der Waals surface area contributed by atoms with Crippen molar-refractivity contribution in [2.24, 2.45) is 50.2 Å². The van der Waals surface area contributed by atoms with Crippen LogP contribution in [0.5, 0.6) is 0 Å². The largest absolute Gasteiger partial charge is 0.481 e. The predicted octanol–water partition coefficient (Wildman–Crippen LogP) is 6.41. The molecule has 0 aromatic rings. The van der Waals surface area contributed by atoms with Gasteiger partial charge in [-0.25, -0.2) is 0 Å². The van der Waals surface area contributed by atoms with E-state index >= 15 is 0 Å². The molecule has 0 aromatic carbocycles. The molecule has 4 heteroatoms. The molecule has 0 aliphatic heterocycles. The van der Waals surface area contributed by atoms with E-state index < -0.39 is 17.5 Å². The van der Waals surface area contributed by atoms with Crippen molar-refractivity contribution in [2.75, 3.05) is 0 Å². The maximum atomic E-state index is 12.9. The molecule has 4 saturated carbocycles. The molecule has 5 aliphatic carbocycles.